The maximum absolute atomic E-state index is 6.48. The Morgan fingerprint density at radius 3 is 1.07 bits per heavy atom. The van der Waals surface area contributed by atoms with Gasteiger partial charge in [-0.3, -0.25) is 0 Å². The van der Waals surface area contributed by atoms with E-state index in [9.17, 15) is 0 Å². The number of allylic oxidation sites excluding steroid dienone is 4. The van der Waals surface area contributed by atoms with Crippen LogP contribution in [0.2, 0.25) is 0 Å². The van der Waals surface area contributed by atoms with Crippen LogP contribution >= 0.6 is 0 Å². The lowest BCUT2D eigenvalue weighted by atomic mass is 9.52. The second kappa shape index (κ2) is 8.19. The van der Waals surface area contributed by atoms with Crippen molar-refractivity contribution in [3.8, 4) is 36.2 Å². The summed E-state index contributed by atoms with van der Waals surface area (Å²) >= 11 is 0. The molecule has 40 heavy (non-hydrogen) atoms. The van der Waals surface area contributed by atoms with Crippen molar-refractivity contribution >= 4 is 0 Å². The summed E-state index contributed by atoms with van der Waals surface area (Å²) in [6.45, 7) is 0.741. The van der Waals surface area contributed by atoms with Gasteiger partial charge >= 0.3 is 0 Å². The molecule has 10 aliphatic carbocycles. The molecule has 0 N–H and O–H groups in total. The summed E-state index contributed by atoms with van der Waals surface area (Å²) in [6, 6.07) is 0. The predicted molar refractivity (Wildman–Crippen MR) is 152 cm³/mol. The Balaban J connectivity index is 1.21. The van der Waals surface area contributed by atoms with Crippen molar-refractivity contribution < 1.29 is 18.9 Å². The van der Waals surface area contributed by atoms with Crippen LogP contribution in [-0.2, 0) is 9.47 Å². The zero-order valence-electron chi connectivity index (χ0n) is 22.9. The zero-order chi connectivity index (χ0) is 26.9. The highest BCUT2D eigenvalue weighted by Crippen LogP contribution is 2.73. The molecule has 0 heterocycles. The first kappa shape index (κ1) is 23.5. The van der Waals surface area contributed by atoms with Gasteiger partial charge in [0.2, 0.25) is 0 Å². The molecule has 14 atom stereocenters. The highest BCUT2D eigenvalue weighted by Gasteiger charge is 2.65. The van der Waals surface area contributed by atoms with Crippen LogP contribution in [-0.4, -0.2) is 39.6 Å². The standard InChI is InChI=1S/C36H34O4/c1-5-15-39-33-21-11-12-22(33)26-18-8-7-17(25(21)26)29-30(18)36(38-4)32-20-10-9-19(31(32)35(29)37-3)27-23-13-14-24(28(20)27)34(23)40-16-6-2/h1-2,7-14,17-28,33-34H,15-16H2,3-4H3/t17-,18+,19+,20-,21+,22-,23-,24+,25-,26-,27+,28-,33?,34?/m0/s1. The summed E-state index contributed by atoms with van der Waals surface area (Å²) in [5.74, 6) is 12.2. The second-order valence-corrected chi connectivity index (χ2v) is 12.9. The summed E-state index contributed by atoms with van der Waals surface area (Å²) < 4.78 is 25.6. The van der Waals surface area contributed by atoms with E-state index in [0.717, 1.165) is 11.5 Å². The predicted octanol–water partition coefficient (Wildman–Crippen LogP) is 5.34. The molecule has 0 saturated heterocycles. The van der Waals surface area contributed by atoms with Crippen molar-refractivity contribution in [3.05, 3.63) is 70.9 Å². The number of fused-ring (bicyclic) bond motifs is 4. The van der Waals surface area contributed by atoms with Gasteiger partial charge in [-0.15, -0.1) is 12.8 Å². The molecule has 0 radical (unpaired) electrons. The van der Waals surface area contributed by atoms with Crippen LogP contribution in [0.5, 0.6) is 11.5 Å². The molecule has 8 bridgehead atoms. The molecule has 4 nitrogen and oxygen atoms in total. The number of hydrogen-bond donors (Lipinski definition) is 0. The third-order valence-electron chi connectivity index (χ3n) is 12.0. The zero-order valence-corrected chi connectivity index (χ0v) is 22.9. The molecule has 202 valence electrons. The lowest BCUT2D eigenvalue weighted by molar-refractivity contribution is 0.0439. The van der Waals surface area contributed by atoms with Crippen LogP contribution in [0, 0.1) is 72.0 Å². The SMILES string of the molecule is C#CCOC1[C@H]2C=C[C@@H]1[C@H]1[C@H]2[C@H]2C=C[C@@H]1c1c(OC)c3c(c(OC)c12)[C@H]1C=C[C@@H]3[C@H]2[C@@H]1[C@H]1C=C[C@@H]2C1OCC#C. The van der Waals surface area contributed by atoms with Crippen molar-refractivity contribution in [3.63, 3.8) is 0 Å². The van der Waals surface area contributed by atoms with Gasteiger partial charge in [0, 0.05) is 69.6 Å². The number of benzene rings is 1. The van der Waals surface area contributed by atoms with Gasteiger partial charge in [0.05, 0.1) is 26.4 Å². The average Bonchev–Trinajstić information content (AvgIpc) is 3.76. The molecule has 0 spiro atoms. The van der Waals surface area contributed by atoms with E-state index in [4.69, 9.17) is 31.8 Å². The van der Waals surface area contributed by atoms with E-state index >= 15 is 0 Å². The van der Waals surface area contributed by atoms with Crippen molar-refractivity contribution in [1.29, 1.82) is 0 Å². The van der Waals surface area contributed by atoms with Gasteiger partial charge in [0.15, 0.2) is 0 Å². The van der Waals surface area contributed by atoms with Crippen LogP contribution in [0.25, 0.3) is 0 Å². The molecule has 2 unspecified atom stereocenters. The molecule has 1 aromatic rings. The van der Waals surface area contributed by atoms with Crippen LogP contribution in [0.4, 0.5) is 0 Å². The highest BCUT2D eigenvalue weighted by atomic mass is 16.5. The van der Waals surface area contributed by atoms with Gasteiger partial charge in [0.25, 0.3) is 0 Å². The molecule has 4 heteroatoms. The Kier molecular flexibility index (Phi) is 4.82. The Hall–Kier alpha value is -3.18. The van der Waals surface area contributed by atoms with Gasteiger partial charge < -0.3 is 18.9 Å². The summed E-state index contributed by atoms with van der Waals surface area (Å²) in [5.41, 5.74) is 5.44. The minimum Gasteiger partial charge on any atom is -0.496 e. The number of hydrogen-bond acceptors (Lipinski definition) is 4. The van der Waals surface area contributed by atoms with Gasteiger partial charge in [-0.2, -0.15) is 0 Å². The van der Waals surface area contributed by atoms with Crippen LogP contribution in [0.3, 0.4) is 0 Å². The Labute approximate surface area is 236 Å². The molecule has 2 saturated carbocycles. The van der Waals surface area contributed by atoms with Crippen molar-refractivity contribution in [2.75, 3.05) is 27.4 Å². The molecular formula is C36H34O4. The molecule has 1 aromatic carbocycles. The Bertz CT molecular complexity index is 1320. The monoisotopic (exact) mass is 530 g/mol. The molecule has 0 amide bonds. The fraction of sp³-hybridized carbons (Fsp3) is 0.500. The number of ether oxygens (including phenoxy) is 4. The Morgan fingerprint density at radius 1 is 0.525 bits per heavy atom. The van der Waals surface area contributed by atoms with Crippen molar-refractivity contribution in [1.82, 2.24) is 0 Å². The number of terminal acetylenes is 2. The first-order chi connectivity index (χ1) is 19.7. The largest absolute Gasteiger partial charge is 0.496 e. The maximum atomic E-state index is 6.48. The lowest BCUT2D eigenvalue weighted by Crippen LogP contribution is -2.41. The van der Waals surface area contributed by atoms with E-state index in [1.54, 1.807) is 0 Å². The summed E-state index contributed by atoms with van der Waals surface area (Å²) in [5, 5.41) is 0. The topological polar surface area (TPSA) is 36.9 Å². The molecule has 0 aromatic heterocycles. The van der Waals surface area contributed by atoms with E-state index in [1.165, 1.54) is 22.3 Å². The smallest absolute Gasteiger partial charge is 0.127 e. The first-order valence-electron chi connectivity index (χ1n) is 14.9. The molecule has 2 fully saturated rings. The summed E-state index contributed by atoms with van der Waals surface area (Å²) in [7, 11) is 3.74. The van der Waals surface area contributed by atoms with Crippen LogP contribution < -0.4 is 9.47 Å². The third-order valence-corrected chi connectivity index (χ3v) is 12.0. The van der Waals surface area contributed by atoms with Gasteiger partial charge in [-0.05, 0) is 23.7 Å². The normalized spacial score (nSPS) is 45.7. The quantitative estimate of drug-likeness (QED) is 0.368. The maximum Gasteiger partial charge on any atom is 0.127 e. The van der Waals surface area contributed by atoms with Gasteiger partial charge in [-0.25, -0.2) is 0 Å². The summed E-state index contributed by atoms with van der Waals surface area (Å²) in [6.07, 6.45) is 31.0. The summed E-state index contributed by atoms with van der Waals surface area (Å²) in [4.78, 5) is 0. The molecule has 0 aliphatic heterocycles. The average molecular weight is 531 g/mol. The molecule has 11 rings (SSSR count). The van der Waals surface area contributed by atoms with E-state index in [1.807, 2.05) is 14.2 Å². The third kappa shape index (κ3) is 2.56. The highest BCUT2D eigenvalue weighted by molar-refractivity contribution is 5.71. The first-order valence-corrected chi connectivity index (χ1v) is 14.9. The van der Waals surface area contributed by atoms with E-state index < -0.39 is 0 Å². The van der Waals surface area contributed by atoms with E-state index in [0.29, 0.717) is 60.6 Å². The number of methoxy groups -OCH3 is 2. The number of rotatable bonds is 6. The van der Waals surface area contributed by atoms with E-state index in [2.05, 4.69) is 60.4 Å². The van der Waals surface area contributed by atoms with Crippen LogP contribution in [0.1, 0.15) is 45.9 Å². The Morgan fingerprint density at radius 2 is 0.825 bits per heavy atom. The minimum atomic E-state index is 0.163. The minimum absolute atomic E-state index is 0.163. The molecular weight excluding hydrogens is 496 g/mol. The van der Waals surface area contributed by atoms with Crippen molar-refractivity contribution in [2.45, 2.75) is 35.9 Å². The second-order valence-electron chi connectivity index (χ2n) is 12.9. The fourth-order valence-corrected chi connectivity index (χ4v) is 11.2. The van der Waals surface area contributed by atoms with Crippen LogP contribution in [0.15, 0.2) is 48.6 Å². The molecule has 10 aliphatic rings. The lowest BCUT2D eigenvalue weighted by Gasteiger charge is -2.52. The van der Waals surface area contributed by atoms with Gasteiger partial charge in [-0.1, -0.05) is 60.4 Å². The van der Waals surface area contributed by atoms with E-state index in [-0.39, 0.29) is 35.9 Å². The van der Waals surface area contributed by atoms with Crippen molar-refractivity contribution in [2.24, 2.45) is 47.3 Å². The fourth-order valence-electron chi connectivity index (χ4n) is 11.2. The van der Waals surface area contributed by atoms with Gasteiger partial charge in [0.1, 0.15) is 24.7 Å².